The number of rotatable bonds is 6. The van der Waals surface area contributed by atoms with Crippen LogP contribution in [-0.4, -0.2) is 39.5 Å². The predicted molar refractivity (Wildman–Crippen MR) is 126 cm³/mol. The second-order valence-electron chi connectivity index (χ2n) is 8.06. The van der Waals surface area contributed by atoms with Crippen molar-refractivity contribution in [1.29, 1.82) is 0 Å². The summed E-state index contributed by atoms with van der Waals surface area (Å²) in [6, 6.07) is 7.25. The monoisotopic (exact) mass is 455 g/mol. The Balaban J connectivity index is 1.66. The molecule has 1 aliphatic rings. The quantitative estimate of drug-likeness (QED) is 0.599. The maximum Gasteiger partial charge on any atom is 0.293 e. The molecule has 0 bridgehead atoms. The number of nitrogens with one attached hydrogen (secondary N) is 1. The molecule has 1 aliphatic heterocycles. The van der Waals surface area contributed by atoms with Crippen LogP contribution in [-0.2, 0) is 11.8 Å². The van der Waals surface area contributed by atoms with Crippen LogP contribution < -0.4 is 20.5 Å². The van der Waals surface area contributed by atoms with E-state index < -0.39 is 6.10 Å². The van der Waals surface area contributed by atoms with Crippen molar-refractivity contribution >= 4 is 45.7 Å². The molecule has 0 amide bonds. The number of anilines is 3. The van der Waals surface area contributed by atoms with Crippen molar-refractivity contribution in [3.8, 4) is 5.75 Å². The van der Waals surface area contributed by atoms with Crippen molar-refractivity contribution in [3.63, 3.8) is 0 Å². The number of pyridine rings is 1. The Hall–Kier alpha value is -3.13. The average molecular weight is 456 g/mol. The molecule has 2 aromatic heterocycles. The summed E-state index contributed by atoms with van der Waals surface area (Å²) in [4.78, 5) is 35.4. The number of Topliss-reactive ketones (excluding diaryl/α,β-unsaturated/α-hetero) is 1. The smallest absolute Gasteiger partial charge is 0.293 e. The van der Waals surface area contributed by atoms with Gasteiger partial charge in [-0.25, -0.2) is 4.98 Å². The SMILES string of the molecule is CC(=O)[C@H](C)Oc1cc2cc(Nc3nc(N4CCCCC4)ncc3Cl)ccc2n(C)c1=O. The van der Waals surface area contributed by atoms with Crippen molar-refractivity contribution in [3.05, 3.63) is 45.8 Å². The van der Waals surface area contributed by atoms with Crippen molar-refractivity contribution in [1.82, 2.24) is 14.5 Å². The van der Waals surface area contributed by atoms with Crippen LogP contribution in [0, 0.1) is 0 Å². The first kappa shape index (κ1) is 22.1. The maximum atomic E-state index is 12.6. The molecule has 3 aromatic rings. The standard InChI is InChI=1S/C23H26ClN5O3/c1-14(30)15(2)32-20-12-16-11-17(7-8-19(16)28(3)22(20)31)26-21-18(24)13-25-23(27-21)29-9-5-4-6-10-29/h7-8,11-13,15H,4-6,9-10H2,1-3H3,(H,25,26,27)/t15-/m0/s1. The molecule has 1 saturated heterocycles. The molecule has 3 heterocycles. The van der Waals surface area contributed by atoms with Crippen LogP contribution in [0.1, 0.15) is 33.1 Å². The van der Waals surface area contributed by atoms with Gasteiger partial charge in [-0.1, -0.05) is 11.6 Å². The number of hydrogen-bond donors (Lipinski definition) is 1. The Morgan fingerprint density at radius 3 is 2.69 bits per heavy atom. The number of carbonyl (C=O) groups is 1. The molecule has 1 atom stereocenters. The number of ketones is 1. The molecule has 168 valence electrons. The first-order valence-electron chi connectivity index (χ1n) is 10.7. The second-order valence-corrected chi connectivity index (χ2v) is 8.46. The van der Waals surface area contributed by atoms with E-state index in [0.29, 0.717) is 16.8 Å². The van der Waals surface area contributed by atoms with E-state index in [0.717, 1.165) is 42.5 Å². The van der Waals surface area contributed by atoms with Crippen molar-refractivity contribution < 1.29 is 9.53 Å². The summed E-state index contributed by atoms with van der Waals surface area (Å²) < 4.78 is 7.11. The maximum absolute atomic E-state index is 12.6. The van der Waals surface area contributed by atoms with Crippen LogP contribution in [0.25, 0.3) is 10.9 Å². The Labute approximate surface area is 191 Å². The first-order valence-corrected chi connectivity index (χ1v) is 11.1. The van der Waals surface area contributed by atoms with Gasteiger partial charge in [0.2, 0.25) is 5.95 Å². The van der Waals surface area contributed by atoms with E-state index in [1.54, 1.807) is 26.2 Å². The van der Waals surface area contributed by atoms with Gasteiger partial charge in [-0.05, 0) is 57.4 Å². The lowest BCUT2D eigenvalue weighted by atomic mass is 10.1. The minimum Gasteiger partial charge on any atom is -0.477 e. The van der Waals surface area contributed by atoms with Gasteiger partial charge in [0.05, 0.1) is 11.7 Å². The third-order valence-electron chi connectivity index (χ3n) is 5.70. The summed E-state index contributed by atoms with van der Waals surface area (Å²) >= 11 is 6.36. The number of ether oxygens (including phenoxy) is 1. The molecule has 0 unspecified atom stereocenters. The Morgan fingerprint density at radius 1 is 1.22 bits per heavy atom. The van der Waals surface area contributed by atoms with E-state index in [2.05, 4.69) is 20.2 Å². The van der Waals surface area contributed by atoms with E-state index in [1.807, 2.05) is 18.2 Å². The van der Waals surface area contributed by atoms with Gasteiger partial charge in [0.15, 0.2) is 23.5 Å². The van der Waals surface area contributed by atoms with Crippen LogP contribution in [0.4, 0.5) is 17.5 Å². The van der Waals surface area contributed by atoms with Gasteiger partial charge in [-0.15, -0.1) is 0 Å². The second kappa shape index (κ2) is 9.16. The van der Waals surface area contributed by atoms with E-state index in [-0.39, 0.29) is 17.1 Å². The molecule has 1 fully saturated rings. The minimum atomic E-state index is -0.700. The fourth-order valence-electron chi connectivity index (χ4n) is 3.72. The highest BCUT2D eigenvalue weighted by molar-refractivity contribution is 6.32. The molecule has 0 saturated carbocycles. The Bertz CT molecular complexity index is 1220. The molecule has 1 N–H and O–H groups in total. The van der Waals surface area contributed by atoms with Gasteiger partial charge in [0, 0.05) is 31.2 Å². The normalized spacial score (nSPS) is 14.9. The summed E-state index contributed by atoms with van der Waals surface area (Å²) in [6.45, 7) is 4.93. The molecule has 0 radical (unpaired) electrons. The number of fused-ring (bicyclic) bond motifs is 1. The number of piperidine rings is 1. The predicted octanol–water partition coefficient (Wildman–Crippen LogP) is 4.07. The third-order valence-corrected chi connectivity index (χ3v) is 5.98. The number of aryl methyl sites for hydroxylation is 1. The summed E-state index contributed by atoms with van der Waals surface area (Å²) in [5.41, 5.74) is 1.20. The van der Waals surface area contributed by atoms with E-state index in [9.17, 15) is 9.59 Å². The summed E-state index contributed by atoms with van der Waals surface area (Å²) in [5, 5.41) is 4.47. The third kappa shape index (κ3) is 4.55. The fraction of sp³-hybridized carbons (Fsp3) is 0.391. The topological polar surface area (TPSA) is 89.3 Å². The molecule has 8 nitrogen and oxygen atoms in total. The van der Waals surface area contributed by atoms with Crippen LogP contribution >= 0.6 is 11.6 Å². The number of carbonyl (C=O) groups excluding carboxylic acids is 1. The molecule has 32 heavy (non-hydrogen) atoms. The van der Waals surface area contributed by atoms with Gasteiger partial charge in [-0.3, -0.25) is 9.59 Å². The number of benzene rings is 1. The molecule has 4 rings (SSSR count). The lowest BCUT2D eigenvalue weighted by Crippen LogP contribution is -2.31. The average Bonchev–Trinajstić information content (AvgIpc) is 2.79. The summed E-state index contributed by atoms with van der Waals surface area (Å²) in [6.07, 6.45) is 4.40. The summed E-state index contributed by atoms with van der Waals surface area (Å²) in [7, 11) is 1.68. The van der Waals surface area contributed by atoms with E-state index >= 15 is 0 Å². The fourth-order valence-corrected chi connectivity index (χ4v) is 3.86. The zero-order chi connectivity index (χ0) is 22.8. The Kier molecular flexibility index (Phi) is 6.32. The van der Waals surface area contributed by atoms with Crippen LogP contribution in [0.5, 0.6) is 5.75 Å². The van der Waals surface area contributed by atoms with Crippen molar-refractivity contribution in [2.45, 2.75) is 39.2 Å². The van der Waals surface area contributed by atoms with Crippen LogP contribution in [0.3, 0.4) is 0 Å². The van der Waals surface area contributed by atoms with Crippen molar-refractivity contribution in [2.24, 2.45) is 7.05 Å². The molecular formula is C23H26ClN5O3. The highest BCUT2D eigenvalue weighted by Crippen LogP contribution is 2.28. The number of nitrogens with zero attached hydrogens (tertiary/aromatic N) is 4. The zero-order valence-corrected chi connectivity index (χ0v) is 19.1. The lowest BCUT2D eigenvalue weighted by molar-refractivity contribution is -0.122. The number of aromatic nitrogens is 3. The van der Waals surface area contributed by atoms with Crippen LogP contribution in [0.2, 0.25) is 5.02 Å². The van der Waals surface area contributed by atoms with E-state index in [1.165, 1.54) is 17.9 Å². The molecule has 9 heteroatoms. The lowest BCUT2D eigenvalue weighted by Gasteiger charge is -2.26. The molecular weight excluding hydrogens is 430 g/mol. The molecule has 1 aromatic carbocycles. The molecule has 0 spiro atoms. The summed E-state index contributed by atoms with van der Waals surface area (Å²) in [5.74, 6) is 1.17. The minimum absolute atomic E-state index is 0.132. The molecule has 0 aliphatic carbocycles. The van der Waals surface area contributed by atoms with Gasteiger partial charge in [0.1, 0.15) is 5.02 Å². The van der Waals surface area contributed by atoms with Gasteiger partial charge >= 0.3 is 0 Å². The highest BCUT2D eigenvalue weighted by atomic mass is 35.5. The number of halogens is 1. The van der Waals surface area contributed by atoms with Gasteiger partial charge in [-0.2, -0.15) is 4.98 Å². The largest absolute Gasteiger partial charge is 0.477 e. The highest BCUT2D eigenvalue weighted by Gasteiger charge is 2.17. The Morgan fingerprint density at radius 2 is 1.97 bits per heavy atom. The first-order chi connectivity index (χ1) is 15.3. The van der Waals surface area contributed by atoms with Crippen LogP contribution in [0.15, 0.2) is 35.3 Å². The zero-order valence-electron chi connectivity index (χ0n) is 18.4. The number of hydrogen-bond acceptors (Lipinski definition) is 7. The van der Waals surface area contributed by atoms with E-state index in [4.69, 9.17) is 16.3 Å². The van der Waals surface area contributed by atoms with Crippen molar-refractivity contribution in [2.75, 3.05) is 23.3 Å². The van der Waals surface area contributed by atoms with Gasteiger partial charge in [0.25, 0.3) is 5.56 Å². The van der Waals surface area contributed by atoms with Gasteiger partial charge < -0.3 is 19.5 Å².